The van der Waals surface area contributed by atoms with Crippen molar-refractivity contribution in [2.24, 2.45) is 5.41 Å². The topological polar surface area (TPSA) is 37.3 Å². The number of hydrogen-bond donors (Lipinski definition) is 1. The Kier molecular flexibility index (Phi) is 13.2. The summed E-state index contributed by atoms with van der Waals surface area (Å²) in [6.45, 7) is 2.28. The normalized spacial score (nSPS) is 15.4. The Bertz CT molecular complexity index is 320. The summed E-state index contributed by atoms with van der Waals surface area (Å²) < 4.78 is 0. The molecule has 148 valence electrons. The van der Waals surface area contributed by atoms with Crippen LogP contribution in [0.3, 0.4) is 0 Å². The van der Waals surface area contributed by atoms with Gasteiger partial charge < -0.3 is 5.11 Å². The van der Waals surface area contributed by atoms with Crippen LogP contribution in [0.1, 0.15) is 135 Å². The molecule has 0 aliphatic heterocycles. The van der Waals surface area contributed by atoms with Crippen LogP contribution in [0.5, 0.6) is 0 Å². The second-order valence-corrected chi connectivity index (χ2v) is 8.49. The van der Waals surface area contributed by atoms with Gasteiger partial charge in [0.2, 0.25) is 0 Å². The summed E-state index contributed by atoms with van der Waals surface area (Å²) in [4.78, 5) is 11.1. The van der Waals surface area contributed by atoms with E-state index in [0.29, 0.717) is 0 Å². The fourth-order valence-corrected chi connectivity index (χ4v) is 3.91. The SMILES string of the molecule is CCCCCCCCCCCCCCCCCCCC1(C(=O)O)CC1. The maximum absolute atomic E-state index is 11.1. The van der Waals surface area contributed by atoms with Gasteiger partial charge in [-0.05, 0) is 19.3 Å². The molecule has 0 radical (unpaired) electrons. The van der Waals surface area contributed by atoms with Crippen molar-refractivity contribution in [3.8, 4) is 0 Å². The van der Waals surface area contributed by atoms with E-state index in [9.17, 15) is 4.79 Å². The third-order valence-corrected chi connectivity index (χ3v) is 6.07. The molecule has 1 aliphatic rings. The van der Waals surface area contributed by atoms with E-state index < -0.39 is 5.97 Å². The molecule has 0 amide bonds. The molecular formula is C23H44O2. The van der Waals surface area contributed by atoms with Gasteiger partial charge in [-0.3, -0.25) is 4.79 Å². The number of aliphatic carboxylic acids is 1. The van der Waals surface area contributed by atoms with Crippen LogP contribution in [-0.2, 0) is 4.79 Å². The van der Waals surface area contributed by atoms with Gasteiger partial charge >= 0.3 is 5.97 Å². The lowest BCUT2D eigenvalue weighted by Gasteiger charge is -2.08. The number of carbonyl (C=O) groups is 1. The lowest BCUT2D eigenvalue weighted by Crippen LogP contribution is -2.14. The maximum atomic E-state index is 11.1. The quantitative estimate of drug-likeness (QED) is 0.240. The van der Waals surface area contributed by atoms with Crippen LogP contribution < -0.4 is 0 Å². The number of hydrogen-bond acceptors (Lipinski definition) is 1. The van der Waals surface area contributed by atoms with E-state index >= 15 is 0 Å². The summed E-state index contributed by atoms with van der Waals surface area (Å²) in [6, 6.07) is 0. The monoisotopic (exact) mass is 352 g/mol. The molecule has 0 saturated heterocycles. The van der Waals surface area contributed by atoms with E-state index in [2.05, 4.69) is 6.92 Å². The summed E-state index contributed by atoms with van der Waals surface area (Å²) in [5.74, 6) is -0.552. The zero-order valence-corrected chi connectivity index (χ0v) is 17.0. The highest BCUT2D eigenvalue weighted by Crippen LogP contribution is 2.50. The number of unbranched alkanes of at least 4 members (excludes halogenated alkanes) is 16. The summed E-state index contributed by atoms with van der Waals surface area (Å²) in [7, 11) is 0. The molecular weight excluding hydrogens is 308 g/mol. The van der Waals surface area contributed by atoms with Crippen LogP contribution in [-0.4, -0.2) is 11.1 Å². The van der Waals surface area contributed by atoms with Crippen LogP contribution in [0.2, 0.25) is 0 Å². The van der Waals surface area contributed by atoms with Crippen molar-refractivity contribution >= 4 is 5.97 Å². The highest BCUT2D eigenvalue weighted by molar-refractivity contribution is 5.77. The summed E-state index contributed by atoms with van der Waals surface area (Å²) >= 11 is 0. The Morgan fingerprint density at radius 2 is 0.960 bits per heavy atom. The summed E-state index contributed by atoms with van der Waals surface area (Å²) in [6.07, 6.45) is 26.3. The fourth-order valence-electron chi connectivity index (χ4n) is 3.91. The minimum Gasteiger partial charge on any atom is -0.481 e. The smallest absolute Gasteiger partial charge is 0.309 e. The molecule has 2 heteroatoms. The molecule has 0 heterocycles. The lowest BCUT2D eigenvalue weighted by molar-refractivity contribution is -0.143. The van der Waals surface area contributed by atoms with Crippen LogP contribution in [0.4, 0.5) is 0 Å². The molecule has 25 heavy (non-hydrogen) atoms. The largest absolute Gasteiger partial charge is 0.481 e. The Balaban J connectivity index is 1.69. The fraction of sp³-hybridized carbons (Fsp3) is 0.957. The predicted octanol–water partition coefficient (Wildman–Crippen LogP) is 7.89. The molecule has 0 aromatic carbocycles. The molecule has 0 atom stereocenters. The Hall–Kier alpha value is -0.530. The lowest BCUT2D eigenvalue weighted by atomic mass is 9.97. The first-order valence-electron chi connectivity index (χ1n) is 11.4. The van der Waals surface area contributed by atoms with Crippen molar-refractivity contribution in [2.75, 3.05) is 0 Å². The first-order chi connectivity index (χ1) is 12.2. The van der Waals surface area contributed by atoms with Crippen molar-refractivity contribution in [3.63, 3.8) is 0 Å². The Morgan fingerprint density at radius 3 is 1.24 bits per heavy atom. The molecule has 2 nitrogen and oxygen atoms in total. The van der Waals surface area contributed by atoms with Crippen LogP contribution in [0.25, 0.3) is 0 Å². The van der Waals surface area contributed by atoms with E-state index in [1.54, 1.807) is 0 Å². The van der Waals surface area contributed by atoms with Crippen LogP contribution in [0.15, 0.2) is 0 Å². The van der Waals surface area contributed by atoms with E-state index in [1.807, 2.05) is 0 Å². The second kappa shape index (κ2) is 14.6. The first kappa shape index (κ1) is 22.5. The van der Waals surface area contributed by atoms with Gasteiger partial charge in [-0.1, -0.05) is 116 Å². The van der Waals surface area contributed by atoms with E-state index in [0.717, 1.165) is 25.7 Å². The van der Waals surface area contributed by atoms with E-state index in [1.165, 1.54) is 103 Å². The highest BCUT2D eigenvalue weighted by Gasteiger charge is 2.49. The van der Waals surface area contributed by atoms with E-state index in [-0.39, 0.29) is 5.41 Å². The van der Waals surface area contributed by atoms with Crippen molar-refractivity contribution in [2.45, 2.75) is 135 Å². The third-order valence-electron chi connectivity index (χ3n) is 6.07. The third kappa shape index (κ3) is 11.7. The average Bonchev–Trinajstić information content (AvgIpc) is 3.39. The molecule has 0 bridgehead atoms. The second-order valence-electron chi connectivity index (χ2n) is 8.49. The number of rotatable bonds is 19. The van der Waals surface area contributed by atoms with Crippen molar-refractivity contribution in [1.82, 2.24) is 0 Å². The van der Waals surface area contributed by atoms with Gasteiger partial charge in [0.15, 0.2) is 0 Å². The van der Waals surface area contributed by atoms with Gasteiger partial charge in [0, 0.05) is 0 Å². The average molecular weight is 353 g/mol. The molecule has 1 aliphatic carbocycles. The first-order valence-corrected chi connectivity index (χ1v) is 11.4. The Morgan fingerprint density at radius 1 is 0.640 bits per heavy atom. The van der Waals surface area contributed by atoms with Crippen molar-refractivity contribution in [3.05, 3.63) is 0 Å². The van der Waals surface area contributed by atoms with Crippen LogP contribution in [0, 0.1) is 5.41 Å². The molecule has 0 aromatic rings. The molecule has 1 fully saturated rings. The zero-order valence-electron chi connectivity index (χ0n) is 17.0. The molecule has 1 N–H and O–H groups in total. The molecule has 1 saturated carbocycles. The van der Waals surface area contributed by atoms with Crippen molar-refractivity contribution in [1.29, 1.82) is 0 Å². The number of carboxylic acid groups (broad SMARTS) is 1. The predicted molar refractivity (Wildman–Crippen MR) is 108 cm³/mol. The number of carboxylic acids is 1. The standard InChI is InChI=1S/C23H44O2/c1-2-3-4-5-6-7-8-9-10-11-12-13-14-15-16-17-18-19-23(20-21-23)22(24)25/h2-21H2,1H3,(H,24,25). The molecule has 1 rings (SSSR count). The summed E-state index contributed by atoms with van der Waals surface area (Å²) in [5, 5.41) is 9.14. The van der Waals surface area contributed by atoms with Crippen LogP contribution >= 0.6 is 0 Å². The minimum atomic E-state index is -0.552. The summed E-state index contributed by atoms with van der Waals surface area (Å²) in [5.41, 5.74) is -0.296. The van der Waals surface area contributed by atoms with Gasteiger partial charge in [-0.15, -0.1) is 0 Å². The van der Waals surface area contributed by atoms with Gasteiger partial charge in [0.1, 0.15) is 0 Å². The zero-order chi connectivity index (χ0) is 18.2. The molecule has 0 unspecified atom stereocenters. The van der Waals surface area contributed by atoms with Crippen molar-refractivity contribution < 1.29 is 9.90 Å². The molecule has 0 aromatic heterocycles. The highest BCUT2D eigenvalue weighted by atomic mass is 16.4. The minimum absolute atomic E-state index is 0.296. The van der Waals surface area contributed by atoms with E-state index in [4.69, 9.17) is 5.11 Å². The van der Waals surface area contributed by atoms with Gasteiger partial charge in [0.05, 0.1) is 5.41 Å². The van der Waals surface area contributed by atoms with Gasteiger partial charge in [-0.25, -0.2) is 0 Å². The van der Waals surface area contributed by atoms with Gasteiger partial charge in [-0.2, -0.15) is 0 Å². The molecule has 0 spiro atoms. The maximum Gasteiger partial charge on any atom is 0.309 e. The van der Waals surface area contributed by atoms with Gasteiger partial charge in [0.25, 0.3) is 0 Å². The Labute approximate surface area is 157 Å².